The minimum Gasteiger partial charge on any atom is -0.467 e. The second-order valence-electron chi connectivity index (χ2n) is 5.67. The van der Waals surface area contributed by atoms with Gasteiger partial charge in [-0.25, -0.2) is 0 Å². The van der Waals surface area contributed by atoms with Crippen LogP contribution in [-0.4, -0.2) is 6.04 Å². The highest BCUT2D eigenvalue weighted by atomic mass is 16.3. The SMILES string of the molecule is CC1(C)CCc2ccoc2C1NC1CC1. The first-order valence-electron chi connectivity index (χ1n) is 5.99. The standard InChI is InChI=1S/C13H19NO/c1-13(2)7-5-9-6-8-15-11(9)12(13)14-10-3-4-10/h6,8,10,12,14H,3-5,7H2,1-2H3. The lowest BCUT2D eigenvalue weighted by Crippen LogP contribution is -2.38. The van der Waals surface area contributed by atoms with Gasteiger partial charge in [-0.05, 0) is 42.7 Å². The molecule has 1 N–H and O–H groups in total. The highest BCUT2D eigenvalue weighted by Crippen LogP contribution is 2.45. The first-order valence-corrected chi connectivity index (χ1v) is 5.99. The van der Waals surface area contributed by atoms with Crippen molar-refractivity contribution in [1.29, 1.82) is 0 Å². The molecule has 15 heavy (non-hydrogen) atoms. The normalized spacial score (nSPS) is 28.8. The molecule has 2 aliphatic rings. The van der Waals surface area contributed by atoms with Gasteiger partial charge in [-0.3, -0.25) is 0 Å². The maximum absolute atomic E-state index is 5.67. The van der Waals surface area contributed by atoms with E-state index < -0.39 is 0 Å². The molecule has 1 saturated carbocycles. The van der Waals surface area contributed by atoms with Crippen LogP contribution in [0.2, 0.25) is 0 Å². The van der Waals surface area contributed by atoms with E-state index in [1.165, 1.54) is 37.0 Å². The van der Waals surface area contributed by atoms with Crippen LogP contribution in [0.15, 0.2) is 16.7 Å². The molecule has 2 nitrogen and oxygen atoms in total. The molecule has 1 unspecified atom stereocenters. The lowest BCUT2D eigenvalue weighted by atomic mass is 9.73. The van der Waals surface area contributed by atoms with Gasteiger partial charge in [-0.15, -0.1) is 0 Å². The number of hydrogen-bond donors (Lipinski definition) is 1. The Labute approximate surface area is 91.0 Å². The maximum Gasteiger partial charge on any atom is 0.124 e. The summed E-state index contributed by atoms with van der Waals surface area (Å²) in [5, 5.41) is 3.73. The van der Waals surface area contributed by atoms with Crippen molar-refractivity contribution in [2.24, 2.45) is 5.41 Å². The summed E-state index contributed by atoms with van der Waals surface area (Å²) in [5.74, 6) is 1.19. The molecule has 1 heterocycles. The molecule has 0 aromatic carbocycles. The fourth-order valence-corrected chi connectivity index (χ4v) is 2.55. The zero-order chi connectivity index (χ0) is 10.5. The Morgan fingerprint density at radius 1 is 1.40 bits per heavy atom. The van der Waals surface area contributed by atoms with E-state index in [9.17, 15) is 0 Å². The van der Waals surface area contributed by atoms with E-state index in [0.717, 1.165) is 6.04 Å². The number of nitrogens with one attached hydrogen (secondary N) is 1. The highest BCUT2D eigenvalue weighted by molar-refractivity contribution is 5.26. The molecular formula is C13H19NO. The van der Waals surface area contributed by atoms with Gasteiger partial charge in [0, 0.05) is 6.04 Å². The summed E-state index contributed by atoms with van der Waals surface area (Å²) in [7, 11) is 0. The molecule has 1 aromatic rings. The topological polar surface area (TPSA) is 25.2 Å². The van der Waals surface area contributed by atoms with Gasteiger partial charge in [-0.1, -0.05) is 13.8 Å². The summed E-state index contributed by atoms with van der Waals surface area (Å²) in [6, 6.07) is 3.29. The third-order valence-corrected chi connectivity index (χ3v) is 3.84. The first kappa shape index (κ1) is 9.46. The third kappa shape index (κ3) is 1.61. The maximum atomic E-state index is 5.67. The summed E-state index contributed by atoms with van der Waals surface area (Å²) in [5.41, 5.74) is 1.74. The van der Waals surface area contributed by atoms with Gasteiger partial charge in [0.15, 0.2) is 0 Å². The number of furan rings is 1. The van der Waals surface area contributed by atoms with Crippen LogP contribution in [0.4, 0.5) is 0 Å². The molecule has 2 aliphatic carbocycles. The molecule has 1 atom stereocenters. The number of hydrogen-bond acceptors (Lipinski definition) is 2. The zero-order valence-electron chi connectivity index (χ0n) is 9.55. The first-order chi connectivity index (χ1) is 7.17. The smallest absolute Gasteiger partial charge is 0.124 e. The zero-order valence-corrected chi connectivity index (χ0v) is 9.55. The Kier molecular flexibility index (Phi) is 1.96. The van der Waals surface area contributed by atoms with Gasteiger partial charge >= 0.3 is 0 Å². The lowest BCUT2D eigenvalue weighted by molar-refractivity contribution is 0.179. The van der Waals surface area contributed by atoms with Crippen molar-refractivity contribution in [3.63, 3.8) is 0 Å². The van der Waals surface area contributed by atoms with Crippen molar-refractivity contribution in [2.75, 3.05) is 0 Å². The molecule has 1 aromatic heterocycles. The van der Waals surface area contributed by atoms with Crippen molar-refractivity contribution in [2.45, 2.75) is 51.6 Å². The van der Waals surface area contributed by atoms with Crippen LogP contribution < -0.4 is 5.32 Å². The molecule has 0 bridgehead atoms. The van der Waals surface area contributed by atoms with Crippen LogP contribution in [-0.2, 0) is 6.42 Å². The van der Waals surface area contributed by atoms with Crippen LogP contribution in [0.3, 0.4) is 0 Å². The van der Waals surface area contributed by atoms with Gasteiger partial charge < -0.3 is 9.73 Å². The van der Waals surface area contributed by atoms with Crippen molar-refractivity contribution >= 4 is 0 Å². The number of fused-ring (bicyclic) bond motifs is 1. The molecule has 2 heteroatoms. The molecular weight excluding hydrogens is 186 g/mol. The van der Waals surface area contributed by atoms with E-state index in [2.05, 4.69) is 25.2 Å². The average Bonchev–Trinajstić information content (AvgIpc) is 2.87. The van der Waals surface area contributed by atoms with Gasteiger partial charge in [-0.2, -0.15) is 0 Å². The summed E-state index contributed by atoms with van der Waals surface area (Å²) in [6.07, 6.45) is 6.94. The average molecular weight is 205 g/mol. The minimum absolute atomic E-state index is 0.327. The molecule has 1 fully saturated rings. The number of rotatable bonds is 2. The molecule has 0 aliphatic heterocycles. The molecule has 0 spiro atoms. The summed E-state index contributed by atoms with van der Waals surface area (Å²) in [6.45, 7) is 4.69. The van der Waals surface area contributed by atoms with Gasteiger partial charge in [0.05, 0.1) is 12.3 Å². The second-order valence-corrected chi connectivity index (χ2v) is 5.67. The van der Waals surface area contributed by atoms with Gasteiger partial charge in [0.25, 0.3) is 0 Å². The van der Waals surface area contributed by atoms with Crippen LogP contribution >= 0.6 is 0 Å². The largest absolute Gasteiger partial charge is 0.467 e. The molecule has 0 amide bonds. The Balaban J connectivity index is 1.92. The van der Waals surface area contributed by atoms with Gasteiger partial charge in [0.2, 0.25) is 0 Å². The molecule has 82 valence electrons. The van der Waals surface area contributed by atoms with E-state index >= 15 is 0 Å². The quantitative estimate of drug-likeness (QED) is 0.802. The molecule has 0 saturated heterocycles. The Morgan fingerprint density at radius 2 is 2.20 bits per heavy atom. The van der Waals surface area contributed by atoms with Gasteiger partial charge in [0.1, 0.15) is 5.76 Å². The van der Waals surface area contributed by atoms with E-state index in [1.54, 1.807) is 0 Å². The Bertz CT molecular complexity index is 362. The molecule has 3 rings (SSSR count). The monoisotopic (exact) mass is 205 g/mol. The van der Waals surface area contributed by atoms with Crippen LogP contribution in [0, 0.1) is 5.41 Å². The molecule has 0 radical (unpaired) electrons. The van der Waals surface area contributed by atoms with Crippen molar-refractivity contribution < 1.29 is 4.42 Å². The Morgan fingerprint density at radius 3 is 2.93 bits per heavy atom. The fourth-order valence-electron chi connectivity index (χ4n) is 2.55. The van der Waals surface area contributed by atoms with Crippen molar-refractivity contribution in [1.82, 2.24) is 5.32 Å². The van der Waals surface area contributed by atoms with E-state index in [0.29, 0.717) is 11.5 Å². The second kappa shape index (κ2) is 3.11. The van der Waals surface area contributed by atoms with Crippen LogP contribution in [0.5, 0.6) is 0 Å². The highest BCUT2D eigenvalue weighted by Gasteiger charge is 2.40. The van der Waals surface area contributed by atoms with Crippen molar-refractivity contribution in [3.05, 3.63) is 23.7 Å². The Hall–Kier alpha value is -0.760. The fraction of sp³-hybridized carbons (Fsp3) is 0.692. The third-order valence-electron chi connectivity index (χ3n) is 3.84. The summed E-state index contributed by atoms with van der Waals surface area (Å²) < 4.78 is 5.67. The minimum atomic E-state index is 0.327. The van der Waals surface area contributed by atoms with Crippen molar-refractivity contribution in [3.8, 4) is 0 Å². The van der Waals surface area contributed by atoms with Crippen LogP contribution in [0.25, 0.3) is 0 Å². The lowest BCUT2D eigenvalue weighted by Gasteiger charge is -2.38. The predicted octanol–water partition coefficient (Wildman–Crippen LogP) is 3.05. The van der Waals surface area contributed by atoms with E-state index in [1.807, 2.05) is 6.26 Å². The predicted molar refractivity (Wildman–Crippen MR) is 59.7 cm³/mol. The summed E-state index contributed by atoms with van der Waals surface area (Å²) >= 11 is 0. The summed E-state index contributed by atoms with van der Waals surface area (Å²) in [4.78, 5) is 0. The van der Waals surface area contributed by atoms with Crippen LogP contribution in [0.1, 0.15) is 50.5 Å². The number of aryl methyl sites for hydroxylation is 1. The van der Waals surface area contributed by atoms with E-state index in [-0.39, 0.29) is 0 Å². The van der Waals surface area contributed by atoms with E-state index in [4.69, 9.17) is 4.42 Å².